The van der Waals surface area contributed by atoms with Crippen LogP contribution in [0.3, 0.4) is 0 Å². The molecule has 16 heavy (non-hydrogen) atoms. The molecule has 0 bridgehead atoms. The van der Waals surface area contributed by atoms with E-state index in [0.29, 0.717) is 6.54 Å². The Balaban J connectivity index is 2.35. The molecule has 0 amide bonds. The maximum absolute atomic E-state index is 10.0. The molecule has 0 radical (unpaired) electrons. The van der Waals surface area contributed by atoms with Gasteiger partial charge in [0.15, 0.2) is 0 Å². The number of likely N-dealkylation sites (N-methyl/N-ethyl adjacent to an activating group) is 1. The van der Waals surface area contributed by atoms with Gasteiger partial charge in [0, 0.05) is 12.1 Å². The molecule has 0 aliphatic heterocycles. The number of hydrogen-bond acceptors (Lipinski definition) is 3. The predicted octanol–water partition coefficient (Wildman–Crippen LogP) is 1.44. The Morgan fingerprint density at radius 2 is 2.06 bits per heavy atom. The van der Waals surface area contributed by atoms with Crippen molar-refractivity contribution in [2.24, 2.45) is 0 Å². The van der Waals surface area contributed by atoms with Crippen LogP contribution in [-0.2, 0) is 12.8 Å². The Morgan fingerprint density at radius 1 is 1.38 bits per heavy atom. The van der Waals surface area contributed by atoms with Crippen molar-refractivity contribution >= 4 is 0 Å². The Morgan fingerprint density at radius 3 is 2.69 bits per heavy atom. The van der Waals surface area contributed by atoms with Gasteiger partial charge in [0.2, 0.25) is 0 Å². The minimum absolute atomic E-state index is 0.495. The summed E-state index contributed by atoms with van der Waals surface area (Å²) in [7, 11) is 3.50. The van der Waals surface area contributed by atoms with Crippen molar-refractivity contribution < 1.29 is 9.84 Å². The lowest BCUT2D eigenvalue weighted by molar-refractivity contribution is 0.173. The van der Waals surface area contributed by atoms with Gasteiger partial charge in [0.25, 0.3) is 0 Å². The lowest BCUT2D eigenvalue weighted by atomic mass is 10.0. The first-order chi connectivity index (χ1) is 7.76. The van der Waals surface area contributed by atoms with E-state index in [0.717, 1.165) is 24.2 Å². The third kappa shape index (κ3) is 2.06. The first-order valence-corrected chi connectivity index (χ1v) is 5.78. The average molecular weight is 221 g/mol. The summed E-state index contributed by atoms with van der Waals surface area (Å²) in [5, 5.41) is 13.0. The van der Waals surface area contributed by atoms with E-state index in [9.17, 15) is 5.11 Å². The highest BCUT2D eigenvalue weighted by Gasteiger charge is 2.18. The summed E-state index contributed by atoms with van der Waals surface area (Å²) in [6.07, 6.45) is 2.97. The fourth-order valence-electron chi connectivity index (χ4n) is 2.36. The second kappa shape index (κ2) is 4.85. The Hall–Kier alpha value is -1.06. The fraction of sp³-hybridized carbons (Fsp3) is 0.538. The first kappa shape index (κ1) is 11.4. The number of aliphatic hydroxyl groups is 1. The van der Waals surface area contributed by atoms with E-state index < -0.39 is 6.10 Å². The zero-order valence-electron chi connectivity index (χ0n) is 9.92. The smallest absolute Gasteiger partial charge is 0.125 e. The lowest BCUT2D eigenvalue weighted by Gasteiger charge is -2.16. The second-order valence-electron chi connectivity index (χ2n) is 4.29. The van der Waals surface area contributed by atoms with Gasteiger partial charge in [-0.3, -0.25) is 0 Å². The molecule has 3 heteroatoms. The lowest BCUT2D eigenvalue weighted by Crippen LogP contribution is -2.17. The highest BCUT2D eigenvalue weighted by molar-refractivity contribution is 5.45. The van der Waals surface area contributed by atoms with Crippen molar-refractivity contribution in [2.45, 2.75) is 25.4 Å². The number of ether oxygens (including phenoxy) is 1. The molecule has 3 nitrogen and oxygen atoms in total. The molecule has 0 saturated heterocycles. The van der Waals surface area contributed by atoms with Gasteiger partial charge >= 0.3 is 0 Å². The van der Waals surface area contributed by atoms with Crippen molar-refractivity contribution in [3.63, 3.8) is 0 Å². The van der Waals surface area contributed by atoms with E-state index in [-0.39, 0.29) is 0 Å². The summed E-state index contributed by atoms with van der Waals surface area (Å²) in [6.45, 7) is 0.551. The topological polar surface area (TPSA) is 41.5 Å². The molecule has 2 rings (SSSR count). The molecule has 1 aromatic rings. The van der Waals surface area contributed by atoms with Crippen LogP contribution in [0.2, 0.25) is 0 Å². The molecule has 1 aliphatic rings. The summed E-state index contributed by atoms with van der Waals surface area (Å²) in [5.41, 5.74) is 3.64. The average Bonchev–Trinajstić information content (AvgIpc) is 2.74. The monoisotopic (exact) mass is 221 g/mol. The van der Waals surface area contributed by atoms with Crippen LogP contribution in [0.4, 0.5) is 0 Å². The Bertz CT molecular complexity index is 376. The van der Waals surface area contributed by atoms with Gasteiger partial charge in [-0.15, -0.1) is 0 Å². The van der Waals surface area contributed by atoms with Crippen LogP contribution in [-0.4, -0.2) is 25.8 Å². The fourth-order valence-corrected chi connectivity index (χ4v) is 2.36. The number of aryl methyl sites for hydroxylation is 2. The van der Waals surface area contributed by atoms with Crippen LogP contribution in [0.1, 0.15) is 29.2 Å². The molecule has 1 aromatic carbocycles. The zero-order valence-corrected chi connectivity index (χ0v) is 9.92. The van der Waals surface area contributed by atoms with Gasteiger partial charge in [0.05, 0.1) is 13.2 Å². The first-order valence-electron chi connectivity index (χ1n) is 5.78. The quantitative estimate of drug-likeness (QED) is 0.808. The van der Waals surface area contributed by atoms with Crippen LogP contribution >= 0.6 is 0 Å². The standard InChI is InChI=1S/C13H19NO2/c1-14-8-12(15)11-6-9-4-3-5-10(9)7-13(11)16-2/h6-7,12,14-15H,3-5,8H2,1-2H3. The molecule has 2 N–H and O–H groups in total. The Kier molecular flexibility index (Phi) is 3.46. The second-order valence-corrected chi connectivity index (χ2v) is 4.29. The van der Waals surface area contributed by atoms with Gasteiger partial charge in [-0.25, -0.2) is 0 Å². The van der Waals surface area contributed by atoms with E-state index >= 15 is 0 Å². The maximum Gasteiger partial charge on any atom is 0.125 e. The van der Waals surface area contributed by atoms with Crippen LogP contribution < -0.4 is 10.1 Å². The van der Waals surface area contributed by atoms with Crippen LogP contribution in [0, 0.1) is 0 Å². The van der Waals surface area contributed by atoms with E-state index in [4.69, 9.17) is 4.74 Å². The largest absolute Gasteiger partial charge is 0.496 e. The van der Waals surface area contributed by atoms with Crippen LogP contribution in [0.5, 0.6) is 5.75 Å². The highest BCUT2D eigenvalue weighted by Crippen LogP contribution is 2.32. The highest BCUT2D eigenvalue weighted by atomic mass is 16.5. The van der Waals surface area contributed by atoms with Gasteiger partial charge in [-0.1, -0.05) is 0 Å². The van der Waals surface area contributed by atoms with Crippen molar-refractivity contribution in [1.82, 2.24) is 5.32 Å². The number of rotatable bonds is 4. The summed E-state index contributed by atoms with van der Waals surface area (Å²) >= 11 is 0. The SMILES string of the molecule is CNCC(O)c1cc2c(cc1OC)CCC2. The summed E-state index contributed by atoms with van der Waals surface area (Å²) < 4.78 is 5.35. The minimum atomic E-state index is -0.495. The van der Waals surface area contributed by atoms with Gasteiger partial charge in [-0.2, -0.15) is 0 Å². The van der Waals surface area contributed by atoms with Crippen molar-refractivity contribution in [1.29, 1.82) is 0 Å². The number of fused-ring (bicyclic) bond motifs is 1. The van der Waals surface area contributed by atoms with E-state index in [1.165, 1.54) is 17.5 Å². The normalized spacial score (nSPS) is 15.9. The van der Waals surface area contributed by atoms with Gasteiger partial charge in [-0.05, 0) is 49.6 Å². The van der Waals surface area contributed by atoms with Crippen molar-refractivity contribution in [3.05, 3.63) is 28.8 Å². The van der Waals surface area contributed by atoms with E-state index in [1.807, 2.05) is 7.05 Å². The third-order valence-electron chi connectivity index (χ3n) is 3.20. The maximum atomic E-state index is 10.0. The molecule has 1 atom stereocenters. The zero-order chi connectivity index (χ0) is 11.5. The van der Waals surface area contributed by atoms with Crippen molar-refractivity contribution in [3.8, 4) is 5.75 Å². The molecule has 0 spiro atoms. The number of aliphatic hydroxyl groups excluding tert-OH is 1. The summed E-state index contributed by atoms with van der Waals surface area (Å²) in [6, 6.07) is 4.18. The van der Waals surface area contributed by atoms with E-state index in [1.54, 1.807) is 7.11 Å². The van der Waals surface area contributed by atoms with Gasteiger partial charge < -0.3 is 15.2 Å². The molecule has 88 valence electrons. The molecule has 1 aliphatic carbocycles. The van der Waals surface area contributed by atoms with Gasteiger partial charge in [0.1, 0.15) is 5.75 Å². The van der Waals surface area contributed by atoms with Crippen LogP contribution in [0.15, 0.2) is 12.1 Å². The third-order valence-corrected chi connectivity index (χ3v) is 3.20. The number of nitrogens with one attached hydrogen (secondary N) is 1. The number of methoxy groups -OCH3 is 1. The molecule has 0 heterocycles. The molecule has 1 unspecified atom stereocenters. The van der Waals surface area contributed by atoms with Crippen LogP contribution in [0.25, 0.3) is 0 Å². The van der Waals surface area contributed by atoms with Crippen molar-refractivity contribution in [2.75, 3.05) is 20.7 Å². The summed E-state index contributed by atoms with van der Waals surface area (Å²) in [4.78, 5) is 0. The van der Waals surface area contributed by atoms with E-state index in [2.05, 4.69) is 17.4 Å². The molecule has 0 aromatic heterocycles. The molecular weight excluding hydrogens is 202 g/mol. The molecule has 0 fully saturated rings. The number of hydrogen-bond donors (Lipinski definition) is 2. The molecular formula is C13H19NO2. The predicted molar refractivity (Wildman–Crippen MR) is 63.9 cm³/mol. The molecule has 0 saturated carbocycles. The number of benzene rings is 1. The Labute approximate surface area is 96.4 Å². The summed E-state index contributed by atoms with van der Waals surface area (Å²) in [5.74, 6) is 0.809. The minimum Gasteiger partial charge on any atom is -0.496 e.